The molecule has 0 unspecified atom stereocenters. The van der Waals surface area contributed by atoms with Crippen LogP contribution < -0.4 is 5.73 Å². The number of rotatable bonds is 13. The summed E-state index contributed by atoms with van der Waals surface area (Å²) in [5, 5.41) is 0. The molecule has 2 nitrogen and oxygen atoms in total. The van der Waals surface area contributed by atoms with Crippen molar-refractivity contribution in [3.05, 3.63) is 12.2 Å². The fraction of sp³-hybridized carbons (Fsp3) is 0.812. The zero-order valence-electron chi connectivity index (χ0n) is 12.1. The van der Waals surface area contributed by atoms with Crippen LogP contribution in [0.4, 0.5) is 0 Å². The summed E-state index contributed by atoms with van der Waals surface area (Å²) >= 11 is 0. The molecule has 0 aromatic heterocycles. The van der Waals surface area contributed by atoms with E-state index in [-0.39, 0.29) is 5.91 Å². The molecule has 0 rings (SSSR count). The summed E-state index contributed by atoms with van der Waals surface area (Å²) < 4.78 is 0. The first kappa shape index (κ1) is 17.2. The van der Waals surface area contributed by atoms with E-state index in [1.54, 1.807) is 0 Å². The minimum atomic E-state index is -0.164. The Balaban J connectivity index is 3.04. The van der Waals surface area contributed by atoms with E-state index in [4.69, 9.17) is 5.73 Å². The molecule has 0 bridgehead atoms. The zero-order valence-corrected chi connectivity index (χ0v) is 12.1. The van der Waals surface area contributed by atoms with Crippen molar-refractivity contribution in [1.29, 1.82) is 0 Å². The van der Waals surface area contributed by atoms with E-state index >= 15 is 0 Å². The van der Waals surface area contributed by atoms with Crippen LogP contribution in [0.1, 0.15) is 84.0 Å². The van der Waals surface area contributed by atoms with Crippen molar-refractivity contribution in [2.45, 2.75) is 84.0 Å². The molecule has 2 heteroatoms. The van der Waals surface area contributed by atoms with Crippen LogP contribution in [0.15, 0.2) is 12.2 Å². The molecule has 0 fully saturated rings. The topological polar surface area (TPSA) is 43.1 Å². The van der Waals surface area contributed by atoms with Crippen LogP contribution in [0, 0.1) is 0 Å². The third kappa shape index (κ3) is 15.2. The van der Waals surface area contributed by atoms with Crippen molar-refractivity contribution in [2.24, 2.45) is 5.73 Å². The molecule has 0 aromatic carbocycles. The van der Waals surface area contributed by atoms with Gasteiger partial charge in [-0.05, 0) is 32.1 Å². The van der Waals surface area contributed by atoms with Crippen molar-refractivity contribution in [2.75, 3.05) is 0 Å². The van der Waals surface area contributed by atoms with Crippen molar-refractivity contribution in [3.63, 3.8) is 0 Å². The Kier molecular flexibility index (Phi) is 13.6. The molecule has 0 saturated heterocycles. The zero-order chi connectivity index (χ0) is 13.5. The molecule has 0 heterocycles. The first-order chi connectivity index (χ1) is 8.77. The van der Waals surface area contributed by atoms with Gasteiger partial charge in [-0.15, -0.1) is 0 Å². The fourth-order valence-corrected chi connectivity index (χ4v) is 2.02. The molecule has 18 heavy (non-hydrogen) atoms. The lowest BCUT2D eigenvalue weighted by Crippen LogP contribution is -2.09. The van der Waals surface area contributed by atoms with Gasteiger partial charge >= 0.3 is 0 Å². The van der Waals surface area contributed by atoms with Crippen LogP contribution in [-0.4, -0.2) is 5.91 Å². The van der Waals surface area contributed by atoms with Gasteiger partial charge in [-0.25, -0.2) is 0 Å². The number of amides is 1. The Hall–Kier alpha value is -0.790. The van der Waals surface area contributed by atoms with Crippen molar-refractivity contribution in [1.82, 2.24) is 0 Å². The molecule has 1 amide bonds. The molecule has 0 aromatic rings. The summed E-state index contributed by atoms with van der Waals surface area (Å²) in [5.74, 6) is -0.164. The average Bonchev–Trinajstić information content (AvgIpc) is 2.34. The van der Waals surface area contributed by atoms with Gasteiger partial charge in [0.05, 0.1) is 0 Å². The van der Waals surface area contributed by atoms with Crippen LogP contribution in [0.2, 0.25) is 0 Å². The number of hydrogen-bond donors (Lipinski definition) is 1. The van der Waals surface area contributed by atoms with Crippen molar-refractivity contribution in [3.8, 4) is 0 Å². The van der Waals surface area contributed by atoms with Crippen molar-refractivity contribution < 1.29 is 4.79 Å². The first-order valence-electron chi connectivity index (χ1n) is 7.70. The molecular weight excluding hydrogens is 222 g/mol. The summed E-state index contributed by atoms with van der Waals surface area (Å²) in [6.45, 7) is 2.24. The Labute approximate surface area is 113 Å². The van der Waals surface area contributed by atoms with Gasteiger partial charge in [-0.3, -0.25) is 4.79 Å². The quantitative estimate of drug-likeness (QED) is 0.374. The standard InChI is InChI=1S/C16H31NO/c1-2-3-4-5-6-7-8-9-10-11-12-13-14-15-16(17)18/h6-7H,2-5,8-15H2,1H3,(H2,17,18). The lowest BCUT2D eigenvalue weighted by molar-refractivity contribution is -0.118. The number of nitrogens with two attached hydrogens (primary N) is 1. The Morgan fingerprint density at radius 2 is 1.33 bits per heavy atom. The van der Waals surface area contributed by atoms with E-state index in [9.17, 15) is 4.79 Å². The SMILES string of the molecule is CCCCCC=CCCCCCCCCC(N)=O. The predicted molar refractivity (Wildman–Crippen MR) is 79.4 cm³/mol. The highest BCUT2D eigenvalue weighted by Gasteiger charge is 1.94. The first-order valence-corrected chi connectivity index (χ1v) is 7.70. The van der Waals surface area contributed by atoms with Crippen LogP contribution >= 0.6 is 0 Å². The molecule has 0 aliphatic rings. The van der Waals surface area contributed by atoms with Gasteiger partial charge in [-0.1, -0.05) is 57.6 Å². The lowest BCUT2D eigenvalue weighted by Gasteiger charge is -1.99. The third-order valence-corrected chi connectivity index (χ3v) is 3.18. The number of carbonyl (C=O) groups is 1. The van der Waals surface area contributed by atoms with Crippen LogP contribution in [0.25, 0.3) is 0 Å². The maximum absolute atomic E-state index is 10.5. The molecule has 0 saturated carbocycles. The van der Waals surface area contributed by atoms with E-state index in [1.807, 2.05) is 0 Å². The summed E-state index contributed by atoms with van der Waals surface area (Å²) in [7, 11) is 0. The third-order valence-electron chi connectivity index (χ3n) is 3.18. The van der Waals surface area contributed by atoms with Gasteiger partial charge in [0.25, 0.3) is 0 Å². The van der Waals surface area contributed by atoms with Crippen LogP contribution in [0.5, 0.6) is 0 Å². The van der Waals surface area contributed by atoms with Crippen molar-refractivity contribution >= 4 is 5.91 Å². The van der Waals surface area contributed by atoms with Gasteiger partial charge < -0.3 is 5.73 Å². The Morgan fingerprint density at radius 3 is 1.89 bits per heavy atom. The summed E-state index contributed by atoms with van der Waals surface area (Å²) in [6.07, 6.45) is 19.0. The van der Waals surface area contributed by atoms with Gasteiger partial charge in [0, 0.05) is 6.42 Å². The Morgan fingerprint density at radius 1 is 0.833 bits per heavy atom. The highest BCUT2D eigenvalue weighted by Crippen LogP contribution is 2.09. The van der Waals surface area contributed by atoms with E-state index < -0.39 is 0 Å². The van der Waals surface area contributed by atoms with Crippen LogP contribution in [-0.2, 0) is 4.79 Å². The van der Waals surface area contributed by atoms with E-state index in [0.717, 1.165) is 12.8 Å². The smallest absolute Gasteiger partial charge is 0.217 e. The summed E-state index contributed by atoms with van der Waals surface area (Å²) in [5.41, 5.74) is 5.09. The maximum atomic E-state index is 10.5. The van der Waals surface area contributed by atoms with Gasteiger partial charge in [0.2, 0.25) is 5.91 Å². The molecule has 0 radical (unpaired) electrons. The largest absolute Gasteiger partial charge is 0.370 e. The fourth-order valence-electron chi connectivity index (χ4n) is 2.02. The number of primary amides is 1. The summed E-state index contributed by atoms with van der Waals surface area (Å²) in [4.78, 5) is 10.5. The van der Waals surface area contributed by atoms with Crippen LogP contribution in [0.3, 0.4) is 0 Å². The van der Waals surface area contributed by atoms with Gasteiger partial charge in [0.1, 0.15) is 0 Å². The monoisotopic (exact) mass is 253 g/mol. The predicted octanol–water partition coefficient (Wildman–Crippen LogP) is 4.73. The second-order valence-corrected chi connectivity index (χ2v) is 5.09. The molecule has 106 valence electrons. The van der Waals surface area contributed by atoms with E-state index in [2.05, 4.69) is 19.1 Å². The number of allylic oxidation sites excluding steroid dienone is 2. The summed E-state index contributed by atoms with van der Waals surface area (Å²) in [6, 6.07) is 0. The number of carbonyl (C=O) groups excluding carboxylic acids is 1. The lowest BCUT2D eigenvalue weighted by atomic mass is 10.1. The molecular formula is C16H31NO. The molecule has 0 spiro atoms. The average molecular weight is 253 g/mol. The second-order valence-electron chi connectivity index (χ2n) is 5.09. The molecule has 0 aliphatic carbocycles. The van der Waals surface area contributed by atoms with E-state index in [1.165, 1.54) is 57.8 Å². The highest BCUT2D eigenvalue weighted by molar-refractivity contribution is 5.73. The van der Waals surface area contributed by atoms with E-state index in [0.29, 0.717) is 6.42 Å². The highest BCUT2D eigenvalue weighted by atomic mass is 16.1. The van der Waals surface area contributed by atoms with Gasteiger partial charge in [-0.2, -0.15) is 0 Å². The normalized spacial score (nSPS) is 11.2. The maximum Gasteiger partial charge on any atom is 0.217 e. The molecule has 2 N–H and O–H groups in total. The minimum absolute atomic E-state index is 0.164. The molecule has 0 atom stereocenters. The number of hydrogen-bond acceptors (Lipinski definition) is 1. The minimum Gasteiger partial charge on any atom is -0.370 e. The Bertz CT molecular complexity index is 211. The second kappa shape index (κ2) is 14.3. The molecule has 0 aliphatic heterocycles. The van der Waals surface area contributed by atoms with Gasteiger partial charge in [0.15, 0.2) is 0 Å². The number of unbranched alkanes of at least 4 members (excludes halogenated alkanes) is 9.